The van der Waals surface area contributed by atoms with Crippen LogP contribution in [-0.2, 0) is 9.63 Å². The van der Waals surface area contributed by atoms with E-state index >= 15 is 0 Å². The maximum atomic E-state index is 11.1. The number of amides is 2. The number of carboxylic acid groups (broad SMARTS) is 1. The Bertz CT molecular complexity index is 244. The highest BCUT2D eigenvalue weighted by Gasteiger charge is 2.37. The van der Waals surface area contributed by atoms with Crippen molar-refractivity contribution in [3.8, 4) is 0 Å². The molecule has 0 saturated heterocycles. The Hall–Kier alpha value is -1.30. The molecule has 6 heteroatoms. The van der Waals surface area contributed by atoms with E-state index in [1.54, 1.807) is 0 Å². The van der Waals surface area contributed by atoms with Crippen LogP contribution >= 0.6 is 0 Å². The Morgan fingerprint density at radius 1 is 1.53 bits per heavy atom. The number of hydrogen-bond acceptors (Lipinski definition) is 3. The van der Waals surface area contributed by atoms with E-state index < -0.39 is 18.6 Å². The van der Waals surface area contributed by atoms with E-state index in [2.05, 4.69) is 17.1 Å². The number of hydrogen-bond donors (Lipinski definition) is 3. The quantitative estimate of drug-likeness (QED) is 0.564. The van der Waals surface area contributed by atoms with E-state index in [0.717, 1.165) is 19.3 Å². The summed E-state index contributed by atoms with van der Waals surface area (Å²) in [5.74, 6) is -0.550. The third-order valence-corrected chi connectivity index (χ3v) is 2.26. The Labute approximate surface area is 87.9 Å². The summed E-state index contributed by atoms with van der Waals surface area (Å²) in [7, 11) is 0. The maximum Gasteiger partial charge on any atom is 0.338 e. The van der Waals surface area contributed by atoms with Crippen LogP contribution in [-0.4, -0.2) is 29.8 Å². The van der Waals surface area contributed by atoms with Crippen LogP contribution in [0.15, 0.2) is 0 Å². The average Bonchev–Trinajstić information content (AvgIpc) is 2.83. The molecule has 86 valence electrons. The monoisotopic (exact) mass is 216 g/mol. The molecule has 0 heterocycles. The second-order valence-corrected chi connectivity index (χ2v) is 3.65. The van der Waals surface area contributed by atoms with Crippen molar-refractivity contribution in [2.45, 2.75) is 32.2 Å². The zero-order valence-electron chi connectivity index (χ0n) is 8.66. The molecule has 1 rings (SSSR count). The zero-order chi connectivity index (χ0) is 11.3. The van der Waals surface area contributed by atoms with Crippen molar-refractivity contribution in [3.63, 3.8) is 0 Å². The highest BCUT2D eigenvalue weighted by atomic mass is 16.7. The highest BCUT2D eigenvalue weighted by molar-refractivity contribution is 5.74. The van der Waals surface area contributed by atoms with Crippen LogP contribution in [0.5, 0.6) is 0 Å². The van der Waals surface area contributed by atoms with Gasteiger partial charge in [-0.15, -0.1) is 0 Å². The van der Waals surface area contributed by atoms with E-state index in [-0.39, 0.29) is 6.04 Å². The lowest BCUT2D eigenvalue weighted by Gasteiger charge is -2.05. The molecular formula is C9H16N2O4. The van der Waals surface area contributed by atoms with Crippen molar-refractivity contribution >= 4 is 12.0 Å². The standard InChI is InChI=1S/C9H16N2O4/c1-2-3-6-4-7(6)10-9(14)11-15-5-8(12)13/h6-7H,2-5H2,1H3,(H,12,13)(H2,10,11,14). The van der Waals surface area contributed by atoms with Crippen LogP contribution in [0, 0.1) is 5.92 Å². The van der Waals surface area contributed by atoms with Crippen LogP contribution in [0.2, 0.25) is 0 Å². The van der Waals surface area contributed by atoms with Crippen molar-refractivity contribution in [2.24, 2.45) is 5.92 Å². The van der Waals surface area contributed by atoms with Gasteiger partial charge in [-0.1, -0.05) is 13.3 Å². The summed E-state index contributed by atoms with van der Waals surface area (Å²) >= 11 is 0. The van der Waals surface area contributed by atoms with Gasteiger partial charge in [0.2, 0.25) is 0 Å². The molecule has 1 aliphatic rings. The number of carboxylic acids is 1. The number of carbonyl (C=O) groups is 2. The van der Waals surface area contributed by atoms with Gasteiger partial charge in [-0.3, -0.25) is 4.84 Å². The molecule has 1 saturated carbocycles. The third kappa shape index (κ3) is 4.64. The van der Waals surface area contributed by atoms with Gasteiger partial charge in [0.25, 0.3) is 0 Å². The van der Waals surface area contributed by atoms with Gasteiger partial charge in [0, 0.05) is 6.04 Å². The first-order valence-corrected chi connectivity index (χ1v) is 5.03. The van der Waals surface area contributed by atoms with E-state index in [4.69, 9.17) is 5.11 Å². The number of rotatable bonds is 6. The van der Waals surface area contributed by atoms with Gasteiger partial charge in [0.15, 0.2) is 6.61 Å². The van der Waals surface area contributed by atoms with Crippen molar-refractivity contribution in [2.75, 3.05) is 6.61 Å². The first-order valence-electron chi connectivity index (χ1n) is 5.03. The lowest BCUT2D eigenvalue weighted by atomic mass is 10.2. The molecule has 0 aromatic rings. The summed E-state index contributed by atoms with van der Waals surface area (Å²) in [4.78, 5) is 25.6. The number of urea groups is 1. The van der Waals surface area contributed by atoms with Crippen LogP contribution in [0.1, 0.15) is 26.2 Å². The van der Waals surface area contributed by atoms with Crippen molar-refractivity contribution < 1.29 is 19.5 Å². The van der Waals surface area contributed by atoms with E-state index in [9.17, 15) is 9.59 Å². The predicted molar refractivity (Wildman–Crippen MR) is 52.1 cm³/mol. The summed E-state index contributed by atoms with van der Waals surface area (Å²) in [5, 5.41) is 10.9. The molecule has 0 spiro atoms. The SMILES string of the molecule is CCCC1CC1NC(=O)NOCC(=O)O. The molecule has 2 atom stereocenters. The largest absolute Gasteiger partial charge is 0.479 e. The minimum atomic E-state index is -1.12. The van der Waals surface area contributed by atoms with E-state index in [1.165, 1.54) is 0 Å². The first-order chi connectivity index (χ1) is 7.13. The molecule has 1 fully saturated rings. The summed E-state index contributed by atoms with van der Waals surface area (Å²) in [5.41, 5.74) is 2.02. The molecule has 2 unspecified atom stereocenters. The van der Waals surface area contributed by atoms with Gasteiger partial charge in [-0.25, -0.2) is 15.1 Å². The van der Waals surface area contributed by atoms with Gasteiger partial charge in [0.05, 0.1) is 0 Å². The molecule has 0 aromatic carbocycles. The maximum absolute atomic E-state index is 11.1. The van der Waals surface area contributed by atoms with E-state index in [1.807, 2.05) is 5.48 Å². The molecule has 15 heavy (non-hydrogen) atoms. The van der Waals surface area contributed by atoms with Gasteiger partial charge < -0.3 is 10.4 Å². The zero-order valence-corrected chi connectivity index (χ0v) is 8.66. The van der Waals surface area contributed by atoms with Crippen LogP contribution in [0.4, 0.5) is 4.79 Å². The average molecular weight is 216 g/mol. The fourth-order valence-electron chi connectivity index (χ4n) is 1.48. The summed E-state index contributed by atoms with van der Waals surface area (Å²) in [6, 6.07) is -0.252. The Kier molecular flexibility index (Phi) is 4.36. The Morgan fingerprint density at radius 2 is 2.27 bits per heavy atom. The number of nitrogens with one attached hydrogen (secondary N) is 2. The Balaban J connectivity index is 2.02. The second kappa shape index (κ2) is 5.55. The van der Waals surface area contributed by atoms with Crippen LogP contribution in [0.3, 0.4) is 0 Å². The normalized spacial score (nSPS) is 23.3. The topological polar surface area (TPSA) is 87.7 Å². The fraction of sp³-hybridized carbons (Fsp3) is 0.778. The summed E-state index contributed by atoms with van der Waals surface area (Å²) in [6.07, 6.45) is 3.22. The third-order valence-electron chi connectivity index (χ3n) is 2.26. The first kappa shape index (κ1) is 11.8. The van der Waals surface area contributed by atoms with Gasteiger partial charge in [0.1, 0.15) is 0 Å². The molecule has 6 nitrogen and oxygen atoms in total. The second-order valence-electron chi connectivity index (χ2n) is 3.65. The highest BCUT2D eigenvalue weighted by Crippen LogP contribution is 2.34. The molecule has 1 aliphatic carbocycles. The number of aliphatic carboxylic acids is 1. The van der Waals surface area contributed by atoms with Crippen LogP contribution in [0.25, 0.3) is 0 Å². The fourth-order valence-corrected chi connectivity index (χ4v) is 1.48. The Morgan fingerprint density at radius 3 is 2.87 bits per heavy atom. The summed E-state index contributed by atoms with van der Waals surface area (Å²) < 4.78 is 0. The van der Waals surface area contributed by atoms with Gasteiger partial charge in [-0.2, -0.15) is 0 Å². The summed E-state index contributed by atoms with van der Waals surface area (Å²) in [6.45, 7) is 1.57. The lowest BCUT2D eigenvalue weighted by Crippen LogP contribution is -2.38. The molecule has 0 aromatic heterocycles. The van der Waals surface area contributed by atoms with Crippen molar-refractivity contribution in [1.82, 2.24) is 10.8 Å². The number of carbonyl (C=O) groups excluding carboxylic acids is 1. The smallest absolute Gasteiger partial charge is 0.338 e. The van der Waals surface area contributed by atoms with Gasteiger partial charge >= 0.3 is 12.0 Å². The molecule has 3 N–H and O–H groups in total. The molecule has 0 radical (unpaired) electrons. The minimum absolute atomic E-state index is 0.221. The van der Waals surface area contributed by atoms with Crippen molar-refractivity contribution in [1.29, 1.82) is 0 Å². The molecule has 0 bridgehead atoms. The molecule has 0 aliphatic heterocycles. The van der Waals surface area contributed by atoms with Crippen LogP contribution < -0.4 is 10.8 Å². The number of hydroxylamine groups is 1. The van der Waals surface area contributed by atoms with Crippen molar-refractivity contribution in [3.05, 3.63) is 0 Å². The van der Waals surface area contributed by atoms with E-state index in [0.29, 0.717) is 5.92 Å². The predicted octanol–water partition coefficient (Wildman–Crippen LogP) is 0.490. The minimum Gasteiger partial charge on any atom is -0.479 e. The molecule has 2 amide bonds. The van der Waals surface area contributed by atoms with Gasteiger partial charge in [-0.05, 0) is 18.8 Å². The molecular weight excluding hydrogens is 200 g/mol. The lowest BCUT2D eigenvalue weighted by molar-refractivity contribution is -0.144.